The fraction of sp³-hybridized carbons (Fsp3) is 1.00. The second-order valence-corrected chi connectivity index (χ2v) is 2.93. The van der Waals surface area contributed by atoms with Crippen LogP contribution in [0.2, 0.25) is 0 Å². The number of rotatable bonds is 5. The van der Waals surface area contributed by atoms with Gasteiger partial charge in [0.1, 0.15) is 0 Å². The Kier molecular flexibility index (Phi) is 4.87. The van der Waals surface area contributed by atoms with Crippen molar-refractivity contribution in [2.75, 3.05) is 19.5 Å². The van der Waals surface area contributed by atoms with Crippen LogP contribution in [0.5, 0.6) is 0 Å². The van der Waals surface area contributed by atoms with Gasteiger partial charge in [0.15, 0.2) is 0 Å². The minimum absolute atomic E-state index is 0.0281. The summed E-state index contributed by atoms with van der Waals surface area (Å²) in [5.74, 6) is -0.212. The lowest BCUT2D eigenvalue weighted by atomic mass is 10.7. The third-order valence-electron chi connectivity index (χ3n) is 0.857. The predicted octanol–water partition coefficient (Wildman–Crippen LogP) is 1.25. The van der Waals surface area contributed by atoms with Crippen molar-refractivity contribution in [1.82, 2.24) is 0 Å². The van der Waals surface area contributed by atoms with Gasteiger partial charge in [-0.1, -0.05) is 11.8 Å². The molecule has 11 heavy (non-hydrogen) atoms. The number of ether oxygens (including phenoxy) is 1. The van der Waals surface area contributed by atoms with Crippen LogP contribution < -0.4 is 0 Å². The molecule has 0 rings (SSSR count). The lowest BCUT2D eigenvalue weighted by molar-refractivity contribution is -0.129. The number of aliphatic hydroxyl groups is 1. The van der Waals surface area contributed by atoms with Gasteiger partial charge < -0.3 is 9.84 Å². The van der Waals surface area contributed by atoms with E-state index in [4.69, 9.17) is 5.11 Å². The number of methoxy groups -OCH3 is 1. The average molecular weight is 190 g/mol. The molecule has 0 radical (unpaired) electrons. The summed E-state index contributed by atoms with van der Waals surface area (Å²) in [4.78, 5) is 0. The predicted molar refractivity (Wildman–Crippen MR) is 36.4 cm³/mol. The molecule has 0 saturated heterocycles. The lowest BCUT2D eigenvalue weighted by Gasteiger charge is -2.17. The Balaban J connectivity index is 3.77. The first-order valence-electron chi connectivity index (χ1n) is 2.84. The number of hydrogen-bond donors (Lipinski definition) is 1. The Morgan fingerprint density at radius 1 is 1.64 bits per heavy atom. The zero-order valence-electron chi connectivity index (χ0n) is 5.89. The highest BCUT2D eigenvalue weighted by Gasteiger charge is 2.40. The van der Waals surface area contributed by atoms with Crippen molar-refractivity contribution in [3.05, 3.63) is 0 Å². The minimum atomic E-state index is -3.57. The zero-order chi connectivity index (χ0) is 8.91. The number of alkyl halides is 3. The molecule has 1 atom stereocenters. The summed E-state index contributed by atoms with van der Waals surface area (Å²) in [7, 11) is 0.859. The van der Waals surface area contributed by atoms with Crippen LogP contribution in [-0.4, -0.2) is 36.2 Å². The number of halogens is 3. The summed E-state index contributed by atoms with van der Waals surface area (Å²) < 4.78 is 40.7. The molecule has 0 aromatic heterocycles. The van der Waals surface area contributed by atoms with Crippen LogP contribution in [-0.2, 0) is 4.74 Å². The van der Waals surface area contributed by atoms with E-state index >= 15 is 0 Å². The summed E-state index contributed by atoms with van der Waals surface area (Å²) in [6.45, 7) is -0.406. The van der Waals surface area contributed by atoms with Crippen molar-refractivity contribution in [1.29, 1.82) is 0 Å². The molecule has 6 heteroatoms. The van der Waals surface area contributed by atoms with Gasteiger partial charge in [-0.3, -0.25) is 0 Å². The van der Waals surface area contributed by atoms with Gasteiger partial charge in [0.2, 0.25) is 0 Å². The van der Waals surface area contributed by atoms with Gasteiger partial charge in [-0.15, -0.1) is 0 Å². The Labute approximate surface area is 66.7 Å². The molecular formula is C5H9F3O2S. The third kappa shape index (κ3) is 3.83. The fourth-order valence-electron chi connectivity index (χ4n) is 0.384. The largest absolute Gasteiger partial charge is 0.396 e. The topological polar surface area (TPSA) is 29.5 Å². The molecule has 68 valence electrons. The fourth-order valence-corrected chi connectivity index (χ4v) is 0.975. The molecule has 2 nitrogen and oxygen atoms in total. The Hall–Kier alpha value is 0.0600. The summed E-state index contributed by atoms with van der Waals surface area (Å²) in [6, 6.07) is 0. The summed E-state index contributed by atoms with van der Waals surface area (Å²) >= 11 is 0.0281. The van der Waals surface area contributed by atoms with E-state index < -0.39 is 18.2 Å². The maximum atomic E-state index is 12.4. The number of aliphatic hydroxyl groups excluding tert-OH is 1. The Morgan fingerprint density at radius 3 is 2.55 bits per heavy atom. The van der Waals surface area contributed by atoms with Crippen LogP contribution in [0.4, 0.5) is 13.2 Å². The maximum absolute atomic E-state index is 12.4. The first kappa shape index (κ1) is 11.1. The minimum Gasteiger partial charge on any atom is -0.396 e. The molecule has 0 aromatic rings. The van der Waals surface area contributed by atoms with Crippen molar-refractivity contribution in [3.8, 4) is 0 Å². The van der Waals surface area contributed by atoms with Crippen LogP contribution in [0.1, 0.15) is 0 Å². The van der Waals surface area contributed by atoms with Gasteiger partial charge in [-0.05, 0) is 0 Å². The van der Waals surface area contributed by atoms with Crippen molar-refractivity contribution >= 4 is 11.8 Å². The van der Waals surface area contributed by atoms with Crippen molar-refractivity contribution in [2.45, 2.75) is 11.6 Å². The Bertz CT molecular complexity index is 112. The van der Waals surface area contributed by atoms with E-state index in [2.05, 4.69) is 4.74 Å². The standard InChI is InChI=1S/C5H9F3O2S/c1-10-4(6)5(7,8)11-3-2-9/h4,9H,2-3H2,1H3. The highest BCUT2D eigenvalue weighted by molar-refractivity contribution is 8.00. The molecule has 0 aromatic carbocycles. The zero-order valence-corrected chi connectivity index (χ0v) is 6.71. The van der Waals surface area contributed by atoms with E-state index in [9.17, 15) is 13.2 Å². The van der Waals surface area contributed by atoms with Crippen molar-refractivity contribution in [3.63, 3.8) is 0 Å². The second-order valence-electron chi connectivity index (χ2n) is 1.69. The molecule has 0 spiro atoms. The normalized spacial score (nSPS) is 15.0. The van der Waals surface area contributed by atoms with Gasteiger partial charge in [0, 0.05) is 12.9 Å². The average Bonchev–Trinajstić information content (AvgIpc) is 1.99. The molecule has 1 N–H and O–H groups in total. The first-order chi connectivity index (χ1) is 5.04. The summed E-state index contributed by atoms with van der Waals surface area (Å²) in [5.41, 5.74) is 0. The highest BCUT2D eigenvalue weighted by atomic mass is 32.2. The van der Waals surface area contributed by atoms with E-state index in [1.54, 1.807) is 0 Å². The van der Waals surface area contributed by atoms with Crippen LogP contribution >= 0.6 is 11.8 Å². The molecule has 1 unspecified atom stereocenters. The van der Waals surface area contributed by atoms with Gasteiger partial charge in [0.25, 0.3) is 6.36 Å². The molecule has 0 amide bonds. The van der Waals surface area contributed by atoms with E-state index in [-0.39, 0.29) is 17.5 Å². The maximum Gasteiger partial charge on any atom is 0.348 e. The molecule has 0 aliphatic carbocycles. The summed E-state index contributed by atoms with van der Waals surface area (Å²) in [6.07, 6.45) is -2.61. The molecule has 0 bridgehead atoms. The van der Waals surface area contributed by atoms with Crippen LogP contribution in [0.15, 0.2) is 0 Å². The molecule has 0 aliphatic heterocycles. The molecule has 0 fully saturated rings. The lowest BCUT2D eigenvalue weighted by Crippen LogP contribution is -2.28. The first-order valence-corrected chi connectivity index (χ1v) is 3.82. The molecule has 0 saturated carbocycles. The summed E-state index contributed by atoms with van der Waals surface area (Å²) in [5, 5.41) is 4.59. The van der Waals surface area contributed by atoms with Crippen molar-refractivity contribution < 1.29 is 23.0 Å². The van der Waals surface area contributed by atoms with E-state index in [1.165, 1.54) is 0 Å². The third-order valence-corrected chi connectivity index (χ3v) is 1.81. The van der Waals surface area contributed by atoms with Crippen molar-refractivity contribution in [2.24, 2.45) is 0 Å². The molecule has 0 heterocycles. The van der Waals surface area contributed by atoms with E-state index in [1.807, 2.05) is 0 Å². The van der Waals surface area contributed by atoms with Gasteiger partial charge >= 0.3 is 5.25 Å². The van der Waals surface area contributed by atoms with Gasteiger partial charge in [-0.2, -0.15) is 8.78 Å². The quantitative estimate of drug-likeness (QED) is 0.707. The second kappa shape index (κ2) is 4.84. The molecule has 0 aliphatic rings. The van der Waals surface area contributed by atoms with Gasteiger partial charge in [-0.25, -0.2) is 4.39 Å². The van der Waals surface area contributed by atoms with E-state index in [0.717, 1.165) is 7.11 Å². The monoisotopic (exact) mass is 190 g/mol. The molecular weight excluding hydrogens is 181 g/mol. The van der Waals surface area contributed by atoms with Gasteiger partial charge in [0.05, 0.1) is 6.61 Å². The number of thioether (sulfide) groups is 1. The Morgan fingerprint density at radius 2 is 2.18 bits per heavy atom. The number of hydrogen-bond acceptors (Lipinski definition) is 3. The SMILES string of the molecule is COC(F)C(F)(F)SCCO. The highest BCUT2D eigenvalue weighted by Crippen LogP contribution is 2.34. The van der Waals surface area contributed by atoms with Crippen LogP contribution in [0.3, 0.4) is 0 Å². The van der Waals surface area contributed by atoms with Crippen LogP contribution in [0.25, 0.3) is 0 Å². The van der Waals surface area contributed by atoms with Crippen LogP contribution in [0, 0.1) is 0 Å². The smallest absolute Gasteiger partial charge is 0.348 e. The van der Waals surface area contributed by atoms with E-state index in [0.29, 0.717) is 0 Å².